The van der Waals surface area contributed by atoms with Crippen LogP contribution in [-0.4, -0.2) is 42.9 Å². The molecule has 0 bridgehead atoms. The van der Waals surface area contributed by atoms with Crippen LogP contribution >= 0.6 is 0 Å². The number of hydrogen-bond donors (Lipinski definition) is 1. The first-order valence-electron chi connectivity index (χ1n) is 11.1. The summed E-state index contributed by atoms with van der Waals surface area (Å²) in [6.07, 6.45) is 0. The summed E-state index contributed by atoms with van der Waals surface area (Å²) in [5.41, 5.74) is 1.83. The number of nitrogens with zero attached hydrogens (tertiary/aromatic N) is 2. The number of para-hydroxylation sites is 1. The molecule has 7 heteroatoms. The van der Waals surface area contributed by atoms with Crippen LogP contribution in [0, 0.1) is 5.41 Å². The maximum atomic E-state index is 13.2. The van der Waals surface area contributed by atoms with Crippen LogP contribution < -0.4 is 15.6 Å². The van der Waals surface area contributed by atoms with Crippen molar-refractivity contribution in [3.63, 3.8) is 0 Å². The van der Waals surface area contributed by atoms with Gasteiger partial charge in [0.05, 0.1) is 11.1 Å². The Hall–Kier alpha value is -3.61. The van der Waals surface area contributed by atoms with Crippen molar-refractivity contribution in [3.8, 4) is 11.3 Å². The number of carbonyl (C=O) groups is 2. The van der Waals surface area contributed by atoms with Gasteiger partial charge in [0.15, 0.2) is 5.43 Å². The molecular formula is C26H29N3O4. The maximum Gasteiger partial charge on any atom is 0.229 e. The molecule has 172 valence electrons. The van der Waals surface area contributed by atoms with Crippen LogP contribution in [0.3, 0.4) is 0 Å². The number of carbonyl (C=O) groups excluding carboxylic acids is 2. The van der Waals surface area contributed by atoms with Crippen LogP contribution in [0.15, 0.2) is 57.7 Å². The van der Waals surface area contributed by atoms with Crippen molar-refractivity contribution in [1.29, 1.82) is 0 Å². The van der Waals surface area contributed by atoms with Gasteiger partial charge in [-0.2, -0.15) is 0 Å². The van der Waals surface area contributed by atoms with E-state index in [1.807, 2.05) is 49.9 Å². The summed E-state index contributed by atoms with van der Waals surface area (Å²) in [5.74, 6) is 0.378. The van der Waals surface area contributed by atoms with Crippen molar-refractivity contribution in [1.82, 2.24) is 4.90 Å². The Balaban J connectivity index is 1.72. The van der Waals surface area contributed by atoms with Crippen LogP contribution in [0.2, 0.25) is 0 Å². The van der Waals surface area contributed by atoms with Crippen LogP contribution in [0.4, 0.5) is 11.4 Å². The highest BCUT2D eigenvalue weighted by Gasteiger charge is 2.24. The van der Waals surface area contributed by atoms with E-state index in [9.17, 15) is 14.4 Å². The highest BCUT2D eigenvalue weighted by molar-refractivity contribution is 6.02. The largest absolute Gasteiger partial charge is 0.456 e. The molecule has 0 unspecified atom stereocenters. The second-order valence-corrected chi connectivity index (χ2v) is 9.37. The average molecular weight is 448 g/mol. The first-order chi connectivity index (χ1) is 15.6. The van der Waals surface area contributed by atoms with Gasteiger partial charge in [-0.05, 0) is 24.3 Å². The van der Waals surface area contributed by atoms with Crippen LogP contribution in [0.1, 0.15) is 27.7 Å². The molecule has 1 saturated heterocycles. The van der Waals surface area contributed by atoms with E-state index in [2.05, 4.69) is 10.2 Å². The molecule has 1 aliphatic heterocycles. The van der Waals surface area contributed by atoms with E-state index in [0.717, 1.165) is 11.3 Å². The molecule has 2 heterocycles. The minimum absolute atomic E-state index is 0.0813. The SMILES string of the molecule is CC(=O)N1CCN(c2ccccc2-c2cc(=O)c3c(NC(=O)C(C)(C)C)cccc3o2)CC1. The molecule has 0 aliphatic carbocycles. The van der Waals surface area contributed by atoms with Crippen molar-refractivity contribution in [3.05, 3.63) is 58.8 Å². The summed E-state index contributed by atoms with van der Waals surface area (Å²) < 4.78 is 6.18. The predicted molar refractivity (Wildman–Crippen MR) is 130 cm³/mol. The molecule has 1 fully saturated rings. The Morgan fingerprint density at radius 2 is 1.67 bits per heavy atom. The quantitative estimate of drug-likeness (QED) is 0.653. The van der Waals surface area contributed by atoms with Crippen molar-refractivity contribution in [2.24, 2.45) is 5.41 Å². The molecule has 2 amide bonds. The van der Waals surface area contributed by atoms with Crippen LogP contribution in [-0.2, 0) is 9.59 Å². The Morgan fingerprint density at radius 3 is 2.33 bits per heavy atom. The predicted octanol–water partition coefficient (Wildman–Crippen LogP) is 4.11. The molecular weight excluding hydrogens is 418 g/mol. The number of benzene rings is 2. The first kappa shape index (κ1) is 22.6. The Kier molecular flexibility index (Phi) is 5.97. The lowest BCUT2D eigenvalue weighted by Gasteiger charge is -2.36. The van der Waals surface area contributed by atoms with Gasteiger partial charge in [0.25, 0.3) is 0 Å². The minimum atomic E-state index is -0.590. The molecule has 2 aromatic carbocycles. The minimum Gasteiger partial charge on any atom is -0.456 e. The van der Waals surface area contributed by atoms with Crippen molar-refractivity contribution in [2.45, 2.75) is 27.7 Å². The highest BCUT2D eigenvalue weighted by Crippen LogP contribution is 2.33. The second kappa shape index (κ2) is 8.73. The Morgan fingerprint density at radius 1 is 0.970 bits per heavy atom. The van der Waals surface area contributed by atoms with Gasteiger partial charge < -0.3 is 19.5 Å². The standard InChI is InChI=1S/C26H29N3O4/c1-17(30)28-12-14-29(15-13-28)20-10-6-5-8-18(20)23-16-21(31)24-19(9-7-11-22(24)33-23)27-25(32)26(2,3)4/h5-11,16H,12-15H2,1-4H3,(H,27,32). The third-order valence-corrected chi connectivity index (χ3v) is 5.92. The molecule has 3 aromatic rings. The summed E-state index contributed by atoms with van der Waals surface area (Å²) in [7, 11) is 0. The van der Waals surface area contributed by atoms with E-state index in [4.69, 9.17) is 4.42 Å². The Bertz CT molecular complexity index is 1260. The number of piperazine rings is 1. The van der Waals surface area contributed by atoms with Crippen molar-refractivity contribution >= 4 is 34.2 Å². The summed E-state index contributed by atoms with van der Waals surface area (Å²) in [4.78, 5) is 41.4. The monoisotopic (exact) mass is 447 g/mol. The zero-order chi connectivity index (χ0) is 23.8. The number of amides is 2. The molecule has 0 radical (unpaired) electrons. The summed E-state index contributed by atoms with van der Waals surface area (Å²) >= 11 is 0. The number of rotatable bonds is 3. The average Bonchev–Trinajstić information content (AvgIpc) is 2.78. The van der Waals surface area contributed by atoms with Gasteiger partial charge >= 0.3 is 0 Å². The Labute approximate surface area is 193 Å². The van der Waals surface area contributed by atoms with Crippen molar-refractivity contribution < 1.29 is 14.0 Å². The van der Waals surface area contributed by atoms with Gasteiger partial charge in [-0.1, -0.05) is 39.0 Å². The number of hydrogen-bond acceptors (Lipinski definition) is 5. The van der Waals surface area contributed by atoms with Crippen molar-refractivity contribution in [2.75, 3.05) is 36.4 Å². The molecule has 7 nitrogen and oxygen atoms in total. The fourth-order valence-corrected chi connectivity index (χ4v) is 3.98. The lowest BCUT2D eigenvalue weighted by molar-refractivity contribution is -0.129. The van der Waals surface area contributed by atoms with E-state index in [0.29, 0.717) is 48.6 Å². The first-order valence-corrected chi connectivity index (χ1v) is 11.1. The van der Waals surface area contributed by atoms with E-state index in [1.165, 1.54) is 6.07 Å². The lowest BCUT2D eigenvalue weighted by Crippen LogP contribution is -2.48. The zero-order valence-corrected chi connectivity index (χ0v) is 19.5. The smallest absolute Gasteiger partial charge is 0.229 e. The third-order valence-electron chi connectivity index (χ3n) is 5.92. The molecule has 0 spiro atoms. The molecule has 1 aromatic heterocycles. The highest BCUT2D eigenvalue weighted by atomic mass is 16.3. The normalized spacial score (nSPS) is 14.4. The van der Waals surface area contributed by atoms with Gasteiger partial charge in [0, 0.05) is 55.8 Å². The second-order valence-electron chi connectivity index (χ2n) is 9.37. The van der Waals surface area contributed by atoms with E-state index in [-0.39, 0.29) is 17.2 Å². The summed E-state index contributed by atoms with van der Waals surface area (Å²) in [6, 6.07) is 14.5. The fourth-order valence-electron chi connectivity index (χ4n) is 3.98. The van der Waals surface area contributed by atoms with Gasteiger partial charge in [-0.3, -0.25) is 14.4 Å². The van der Waals surface area contributed by atoms with Gasteiger partial charge in [-0.15, -0.1) is 0 Å². The number of fused-ring (bicyclic) bond motifs is 1. The number of nitrogens with one attached hydrogen (secondary N) is 1. The summed E-state index contributed by atoms with van der Waals surface area (Å²) in [6.45, 7) is 9.77. The maximum absolute atomic E-state index is 13.2. The van der Waals surface area contributed by atoms with E-state index < -0.39 is 5.41 Å². The van der Waals surface area contributed by atoms with Gasteiger partial charge in [0.2, 0.25) is 11.8 Å². The third kappa shape index (κ3) is 4.62. The fraction of sp³-hybridized carbons (Fsp3) is 0.346. The molecule has 0 saturated carbocycles. The topological polar surface area (TPSA) is 82.9 Å². The van der Waals surface area contributed by atoms with Crippen LogP contribution in [0.25, 0.3) is 22.3 Å². The lowest BCUT2D eigenvalue weighted by atomic mass is 9.95. The van der Waals surface area contributed by atoms with E-state index >= 15 is 0 Å². The van der Waals surface area contributed by atoms with E-state index in [1.54, 1.807) is 25.1 Å². The summed E-state index contributed by atoms with van der Waals surface area (Å²) in [5, 5.41) is 3.22. The molecule has 4 rings (SSSR count). The molecule has 33 heavy (non-hydrogen) atoms. The van der Waals surface area contributed by atoms with Crippen LogP contribution in [0.5, 0.6) is 0 Å². The van der Waals surface area contributed by atoms with Gasteiger partial charge in [0.1, 0.15) is 11.3 Å². The molecule has 1 aliphatic rings. The molecule has 1 N–H and O–H groups in total. The molecule has 0 atom stereocenters. The van der Waals surface area contributed by atoms with Gasteiger partial charge in [-0.25, -0.2) is 0 Å². The zero-order valence-electron chi connectivity index (χ0n) is 19.5. The number of anilines is 2.